The summed E-state index contributed by atoms with van der Waals surface area (Å²) < 4.78 is 38.3. The first-order valence-electron chi connectivity index (χ1n) is 7.61. The lowest BCUT2D eigenvalue weighted by atomic mass is 10.1. The lowest BCUT2D eigenvalue weighted by Gasteiger charge is -2.25. The Morgan fingerprint density at radius 2 is 2.14 bits per heavy atom. The van der Waals surface area contributed by atoms with E-state index in [1.165, 1.54) is 18.6 Å². The van der Waals surface area contributed by atoms with E-state index >= 15 is 0 Å². The molecule has 1 aromatic carbocycles. The first-order chi connectivity index (χ1) is 9.99. The summed E-state index contributed by atoms with van der Waals surface area (Å²) in [5.41, 5.74) is 0.173. The van der Waals surface area contributed by atoms with Gasteiger partial charge in [0.2, 0.25) is 0 Å². The predicted molar refractivity (Wildman–Crippen MR) is 78.0 cm³/mol. The van der Waals surface area contributed by atoms with Crippen LogP contribution in [0.1, 0.15) is 37.3 Å². The molecular formula is C16H23F3N2. The molecule has 1 aromatic rings. The summed E-state index contributed by atoms with van der Waals surface area (Å²) in [6.45, 7) is 5.55. The fraction of sp³-hybridized carbons (Fsp3) is 0.625. The Bertz CT molecular complexity index is 439. The molecule has 1 saturated heterocycles. The molecule has 0 aliphatic carbocycles. The van der Waals surface area contributed by atoms with Gasteiger partial charge in [0.15, 0.2) is 0 Å². The standard InChI is InChI=1S/C16H23F3N2/c1-2-9-21(12-15-7-4-8-20-15)11-13-5-3-6-14(10-13)16(17,18)19/h3,5-6,10,15,20H,2,4,7-9,11-12H2,1H3. The summed E-state index contributed by atoms with van der Waals surface area (Å²) in [7, 11) is 0. The average molecular weight is 300 g/mol. The molecule has 0 amide bonds. The smallest absolute Gasteiger partial charge is 0.313 e. The lowest BCUT2D eigenvalue weighted by molar-refractivity contribution is -0.137. The maximum Gasteiger partial charge on any atom is 0.416 e. The van der Waals surface area contributed by atoms with Crippen LogP contribution in [0.2, 0.25) is 0 Å². The van der Waals surface area contributed by atoms with Crippen molar-refractivity contribution < 1.29 is 13.2 Å². The van der Waals surface area contributed by atoms with Crippen LogP contribution in [0.4, 0.5) is 13.2 Å². The third-order valence-corrected chi connectivity index (χ3v) is 3.84. The average Bonchev–Trinajstić information content (AvgIpc) is 2.91. The van der Waals surface area contributed by atoms with Crippen molar-refractivity contribution in [1.29, 1.82) is 0 Å². The minimum atomic E-state index is -4.27. The Hall–Kier alpha value is -1.07. The summed E-state index contributed by atoms with van der Waals surface area (Å²) in [5.74, 6) is 0. The van der Waals surface area contributed by atoms with E-state index in [0.29, 0.717) is 12.6 Å². The highest BCUT2D eigenvalue weighted by Gasteiger charge is 2.30. The van der Waals surface area contributed by atoms with E-state index in [2.05, 4.69) is 17.1 Å². The number of alkyl halides is 3. The summed E-state index contributed by atoms with van der Waals surface area (Å²) in [6.07, 6.45) is -0.915. The zero-order valence-corrected chi connectivity index (χ0v) is 12.4. The van der Waals surface area contributed by atoms with Gasteiger partial charge in [0.25, 0.3) is 0 Å². The van der Waals surface area contributed by atoms with E-state index in [1.807, 2.05) is 0 Å². The number of nitrogens with zero attached hydrogens (tertiary/aromatic N) is 1. The minimum absolute atomic E-state index is 0.474. The molecule has 1 N–H and O–H groups in total. The molecule has 2 rings (SSSR count). The van der Waals surface area contributed by atoms with E-state index in [-0.39, 0.29) is 0 Å². The highest BCUT2D eigenvalue weighted by molar-refractivity contribution is 5.25. The molecule has 1 fully saturated rings. The lowest BCUT2D eigenvalue weighted by Crippen LogP contribution is -2.37. The van der Waals surface area contributed by atoms with Gasteiger partial charge in [-0.15, -0.1) is 0 Å². The van der Waals surface area contributed by atoms with Crippen LogP contribution >= 0.6 is 0 Å². The van der Waals surface area contributed by atoms with Crippen molar-refractivity contribution in [3.63, 3.8) is 0 Å². The first kappa shape index (κ1) is 16.3. The van der Waals surface area contributed by atoms with Gasteiger partial charge in [-0.25, -0.2) is 0 Å². The van der Waals surface area contributed by atoms with Gasteiger partial charge in [0.05, 0.1) is 5.56 Å². The predicted octanol–water partition coefficient (Wildman–Crippen LogP) is 3.67. The van der Waals surface area contributed by atoms with Crippen molar-refractivity contribution in [3.05, 3.63) is 35.4 Å². The van der Waals surface area contributed by atoms with E-state index in [9.17, 15) is 13.2 Å². The van der Waals surface area contributed by atoms with Gasteiger partial charge < -0.3 is 5.32 Å². The molecule has 118 valence electrons. The number of hydrogen-bond donors (Lipinski definition) is 1. The number of benzene rings is 1. The molecule has 0 bridgehead atoms. The maximum atomic E-state index is 12.8. The zero-order valence-electron chi connectivity index (χ0n) is 12.4. The fourth-order valence-electron chi connectivity index (χ4n) is 2.88. The van der Waals surface area contributed by atoms with Crippen molar-refractivity contribution in [1.82, 2.24) is 10.2 Å². The molecule has 21 heavy (non-hydrogen) atoms. The van der Waals surface area contributed by atoms with Crippen LogP contribution in [-0.2, 0) is 12.7 Å². The Morgan fingerprint density at radius 1 is 1.33 bits per heavy atom. The van der Waals surface area contributed by atoms with E-state index in [4.69, 9.17) is 0 Å². The van der Waals surface area contributed by atoms with Crippen molar-refractivity contribution in [2.75, 3.05) is 19.6 Å². The SMILES string of the molecule is CCCN(Cc1cccc(C(F)(F)F)c1)CC1CCCN1. The van der Waals surface area contributed by atoms with Crippen LogP contribution in [0.15, 0.2) is 24.3 Å². The quantitative estimate of drug-likeness (QED) is 0.862. The van der Waals surface area contributed by atoms with Gasteiger partial charge in [-0.1, -0.05) is 25.1 Å². The zero-order chi connectivity index (χ0) is 15.3. The Labute approximate surface area is 124 Å². The molecule has 2 nitrogen and oxygen atoms in total. The Kier molecular flexibility index (Phi) is 5.65. The van der Waals surface area contributed by atoms with Crippen LogP contribution in [0, 0.1) is 0 Å². The Morgan fingerprint density at radius 3 is 2.76 bits per heavy atom. The van der Waals surface area contributed by atoms with Crippen molar-refractivity contribution in [2.24, 2.45) is 0 Å². The van der Waals surface area contributed by atoms with Crippen molar-refractivity contribution in [2.45, 2.75) is 44.9 Å². The molecule has 0 spiro atoms. The monoisotopic (exact) mass is 300 g/mol. The second-order valence-corrected chi connectivity index (χ2v) is 5.73. The van der Waals surface area contributed by atoms with E-state index in [1.54, 1.807) is 6.07 Å². The van der Waals surface area contributed by atoms with Gasteiger partial charge in [0.1, 0.15) is 0 Å². The maximum absolute atomic E-state index is 12.8. The van der Waals surface area contributed by atoms with Crippen LogP contribution in [0.3, 0.4) is 0 Å². The summed E-state index contributed by atoms with van der Waals surface area (Å²) >= 11 is 0. The van der Waals surface area contributed by atoms with Gasteiger partial charge in [-0.2, -0.15) is 13.2 Å². The molecule has 0 saturated carbocycles. The molecular weight excluding hydrogens is 277 g/mol. The third-order valence-electron chi connectivity index (χ3n) is 3.84. The number of nitrogens with one attached hydrogen (secondary N) is 1. The highest BCUT2D eigenvalue weighted by Crippen LogP contribution is 2.29. The van der Waals surface area contributed by atoms with Crippen LogP contribution < -0.4 is 5.32 Å². The summed E-state index contributed by atoms with van der Waals surface area (Å²) in [4.78, 5) is 2.25. The van der Waals surface area contributed by atoms with E-state index in [0.717, 1.165) is 44.1 Å². The first-order valence-corrected chi connectivity index (χ1v) is 7.61. The van der Waals surface area contributed by atoms with Gasteiger partial charge >= 0.3 is 6.18 Å². The molecule has 5 heteroatoms. The van der Waals surface area contributed by atoms with Gasteiger partial charge in [0, 0.05) is 19.1 Å². The van der Waals surface area contributed by atoms with Gasteiger partial charge in [-0.3, -0.25) is 4.90 Å². The summed E-state index contributed by atoms with van der Waals surface area (Å²) in [6, 6.07) is 6.15. The molecule has 0 aromatic heterocycles. The van der Waals surface area contributed by atoms with Crippen LogP contribution in [-0.4, -0.2) is 30.6 Å². The number of hydrogen-bond acceptors (Lipinski definition) is 2. The molecule has 1 aliphatic rings. The van der Waals surface area contributed by atoms with E-state index < -0.39 is 11.7 Å². The number of rotatable bonds is 6. The molecule has 1 heterocycles. The molecule has 1 unspecified atom stereocenters. The second kappa shape index (κ2) is 7.27. The Balaban J connectivity index is 2.01. The van der Waals surface area contributed by atoms with Crippen molar-refractivity contribution in [3.8, 4) is 0 Å². The van der Waals surface area contributed by atoms with Gasteiger partial charge in [-0.05, 0) is 44.0 Å². The molecule has 0 radical (unpaired) electrons. The normalized spacial score (nSPS) is 19.4. The van der Waals surface area contributed by atoms with Crippen LogP contribution in [0.25, 0.3) is 0 Å². The fourth-order valence-corrected chi connectivity index (χ4v) is 2.88. The summed E-state index contributed by atoms with van der Waals surface area (Å²) in [5, 5.41) is 3.45. The van der Waals surface area contributed by atoms with Crippen LogP contribution in [0.5, 0.6) is 0 Å². The largest absolute Gasteiger partial charge is 0.416 e. The van der Waals surface area contributed by atoms with Crippen molar-refractivity contribution >= 4 is 0 Å². The topological polar surface area (TPSA) is 15.3 Å². The third kappa shape index (κ3) is 5.00. The minimum Gasteiger partial charge on any atom is -0.313 e. The second-order valence-electron chi connectivity index (χ2n) is 5.73. The highest BCUT2D eigenvalue weighted by atomic mass is 19.4. The number of halogens is 3. The molecule has 1 aliphatic heterocycles. The molecule has 1 atom stereocenters.